The molecular formula is C10H9NO2. The predicted octanol–water partition coefficient (Wildman–Crippen LogP) is 2.36. The molecule has 0 atom stereocenters. The van der Waals surface area contributed by atoms with Crippen molar-refractivity contribution in [3.8, 4) is 17.2 Å². The van der Waals surface area contributed by atoms with Gasteiger partial charge < -0.3 is 9.63 Å². The molecule has 66 valence electrons. The first-order valence-electron chi connectivity index (χ1n) is 3.99. The normalized spacial score (nSPS) is 10.2. The molecule has 0 aliphatic rings. The highest BCUT2D eigenvalue weighted by atomic mass is 16.5. The second-order valence-corrected chi connectivity index (χ2v) is 2.86. The van der Waals surface area contributed by atoms with E-state index in [9.17, 15) is 0 Å². The Hall–Kier alpha value is -1.77. The van der Waals surface area contributed by atoms with E-state index in [1.54, 1.807) is 0 Å². The standard InChI is InChI=1S/C10H9NO2/c1-7-4-2-3-5-8(7)9-6-10(12)11-13-9/h2-6H,1H3,(H,11,12). The van der Waals surface area contributed by atoms with Gasteiger partial charge in [0, 0.05) is 11.6 Å². The highest BCUT2D eigenvalue weighted by Crippen LogP contribution is 2.25. The van der Waals surface area contributed by atoms with Crippen LogP contribution in [-0.4, -0.2) is 10.3 Å². The molecule has 0 amide bonds. The summed E-state index contributed by atoms with van der Waals surface area (Å²) < 4.78 is 4.93. The summed E-state index contributed by atoms with van der Waals surface area (Å²) in [5.74, 6) is 0.508. The van der Waals surface area contributed by atoms with Gasteiger partial charge in [-0.05, 0) is 17.6 Å². The Morgan fingerprint density at radius 1 is 1.31 bits per heavy atom. The van der Waals surface area contributed by atoms with Crippen LogP contribution in [0.2, 0.25) is 0 Å². The number of benzene rings is 1. The summed E-state index contributed by atoms with van der Waals surface area (Å²) in [5, 5.41) is 12.4. The van der Waals surface area contributed by atoms with Crippen molar-refractivity contribution in [3.05, 3.63) is 35.9 Å². The summed E-state index contributed by atoms with van der Waals surface area (Å²) in [5.41, 5.74) is 2.05. The summed E-state index contributed by atoms with van der Waals surface area (Å²) in [6.07, 6.45) is 0. The van der Waals surface area contributed by atoms with Gasteiger partial charge in [0.05, 0.1) is 0 Å². The van der Waals surface area contributed by atoms with Gasteiger partial charge in [-0.1, -0.05) is 24.3 Å². The van der Waals surface area contributed by atoms with E-state index in [1.807, 2.05) is 31.2 Å². The number of aromatic hydroxyl groups is 1. The molecule has 0 saturated carbocycles. The summed E-state index contributed by atoms with van der Waals surface area (Å²) in [4.78, 5) is 0. The third-order valence-electron chi connectivity index (χ3n) is 1.91. The van der Waals surface area contributed by atoms with Gasteiger partial charge in [-0.2, -0.15) is 0 Å². The molecule has 1 N–H and O–H groups in total. The third kappa shape index (κ3) is 1.40. The maximum atomic E-state index is 9.00. The zero-order valence-corrected chi connectivity index (χ0v) is 7.19. The maximum absolute atomic E-state index is 9.00. The van der Waals surface area contributed by atoms with Crippen LogP contribution in [0.25, 0.3) is 11.3 Å². The fourth-order valence-electron chi connectivity index (χ4n) is 1.24. The number of hydrogen-bond donors (Lipinski definition) is 1. The summed E-state index contributed by atoms with van der Waals surface area (Å²) in [7, 11) is 0. The van der Waals surface area contributed by atoms with Crippen LogP contribution in [-0.2, 0) is 0 Å². The Labute approximate surface area is 75.6 Å². The Morgan fingerprint density at radius 2 is 2.08 bits per heavy atom. The number of hydrogen-bond acceptors (Lipinski definition) is 3. The Bertz CT molecular complexity index is 420. The van der Waals surface area contributed by atoms with Crippen molar-refractivity contribution in [1.82, 2.24) is 5.16 Å². The Kier molecular flexibility index (Phi) is 1.77. The van der Waals surface area contributed by atoms with Gasteiger partial charge in [0.1, 0.15) is 0 Å². The molecule has 2 aromatic rings. The van der Waals surface area contributed by atoms with Crippen molar-refractivity contribution in [1.29, 1.82) is 0 Å². The van der Waals surface area contributed by atoms with Gasteiger partial charge in [-0.25, -0.2) is 0 Å². The van der Waals surface area contributed by atoms with Gasteiger partial charge >= 0.3 is 0 Å². The average Bonchev–Trinajstić information content (AvgIpc) is 2.53. The molecule has 0 fully saturated rings. The molecule has 3 heteroatoms. The van der Waals surface area contributed by atoms with Crippen LogP contribution in [0.15, 0.2) is 34.9 Å². The van der Waals surface area contributed by atoms with E-state index >= 15 is 0 Å². The quantitative estimate of drug-likeness (QED) is 0.723. The lowest BCUT2D eigenvalue weighted by Crippen LogP contribution is -1.78. The lowest BCUT2D eigenvalue weighted by atomic mass is 10.1. The van der Waals surface area contributed by atoms with Gasteiger partial charge in [0.15, 0.2) is 5.76 Å². The van der Waals surface area contributed by atoms with E-state index < -0.39 is 0 Å². The lowest BCUT2D eigenvalue weighted by molar-refractivity contribution is 0.365. The van der Waals surface area contributed by atoms with Gasteiger partial charge in [0.2, 0.25) is 0 Å². The molecular weight excluding hydrogens is 166 g/mol. The van der Waals surface area contributed by atoms with E-state index in [2.05, 4.69) is 5.16 Å². The van der Waals surface area contributed by atoms with E-state index in [-0.39, 0.29) is 5.88 Å². The molecule has 13 heavy (non-hydrogen) atoms. The second kappa shape index (κ2) is 2.94. The van der Waals surface area contributed by atoms with Crippen molar-refractivity contribution in [2.75, 3.05) is 0 Å². The van der Waals surface area contributed by atoms with Crippen molar-refractivity contribution in [2.45, 2.75) is 6.92 Å². The summed E-state index contributed by atoms with van der Waals surface area (Å²) in [6.45, 7) is 1.98. The van der Waals surface area contributed by atoms with Crippen LogP contribution in [0.5, 0.6) is 5.88 Å². The van der Waals surface area contributed by atoms with Crippen molar-refractivity contribution < 1.29 is 9.63 Å². The van der Waals surface area contributed by atoms with Crippen LogP contribution in [0.4, 0.5) is 0 Å². The van der Waals surface area contributed by atoms with Gasteiger partial charge in [-0.3, -0.25) is 0 Å². The molecule has 0 aliphatic heterocycles. The maximum Gasteiger partial charge on any atom is 0.252 e. The van der Waals surface area contributed by atoms with Crippen LogP contribution in [0, 0.1) is 6.92 Å². The SMILES string of the molecule is Cc1ccccc1-c1cc(O)no1. The second-order valence-electron chi connectivity index (χ2n) is 2.86. The van der Waals surface area contributed by atoms with Crippen molar-refractivity contribution in [2.24, 2.45) is 0 Å². The topological polar surface area (TPSA) is 46.3 Å². The highest BCUT2D eigenvalue weighted by molar-refractivity contribution is 5.62. The number of nitrogens with zero attached hydrogens (tertiary/aromatic N) is 1. The molecule has 3 nitrogen and oxygen atoms in total. The van der Waals surface area contributed by atoms with Gasteiger partial charge in [0.25, 0.3) is 5.88 Å². The van der Waals surface area contributed by atoms with Crippen LogP contribution < -0.4 is 0 Å². The van der Waals surface area contributed by atoms with E-state index in [0.29, 0.717) is 5.76 Å². The molecule has 0 saturated heterocycles. The van der Waals surface area contributed by atoms with E-state index in [1.165, 1.54) is 6.07 Å². The minimum atomic E-state index is -0.0850. The minimum Gasteiger partial charge on any atom is -0.491 e. The molecule has 0 bridgehead atoms. The van der Waals surface area contributed by atoms with E-state index in [4.69, 9.17) is 9.63 Å². The van der Waals surface area contributed by atoms with Crippen molar-refractivity contribution >= 4 is 0 Å². The number of aryl methyl sites for hydroxylation is 1. The Balaban J connectivity index is 2.52. The minimum absolute atomic E-state index is 0.0850. The lowest BCUT2D eigenvalue weighted by Gasteiger charge is -1.98. The molecule has 0 unspecified atom stereocenters. The molecule has 1 aromatic carbocycles. The van der Waals surface area contributed by atoms with Crippen LogP contribution in [0.1, 0.15) is 5.56 Å². The average molecular weight is 175 g/mol. The first-order chi connectivity index (χ1) is 6.27. The van der Waals surface area contributed by atoms with Crippen molar-refractivity contribution in [3.63, 3.8) is 0 Å². The number of aromatic nitrogens is 1. The Morgan fingerprint density at radius 3 is 2.69 bits per heavy atom. The van der Waals surface area contributed by atoms with Crippen LogP contribution in [0.3, 0.4) is 0 Å². The van der Waals surface area contributed by atoms with Gasteiger partial charge in [-0.15, -0.1) is 0 Å². The fraction of sp³-hybridized carbons (Fsp3) is 0.100. The highest BCUT2D eigenvalue weighted by Gasteiger charge is 2.06. The smallest absolute Gasteiger partial charge is 0.252 e. The monoisotopic (exact) mass is 175 g/mol. The molecule has 1 heterocycles. The fourth-order valence-corrected chi connectivity index (χ4v) is 1.24. The first kappa shape index (κ1) is 7.86. The molecule has 2 rings (SSSR count). The zero-order valence-electron chi connectivity index (χ0n) is 7.19. The predicted molar refractivity (Wildman–Crippen MR) is 48.3 cm³/mol. The third-order valence-corrected chi connectivity index (χ3v) is 1.91. The summed E-state index contributed by atoms with van der Waals surface area (Å²) in [6, 6.07) is 9.28. The molecule has 0 radical (unpaired) electrons. The summed E-state index contributed by atoms with van der Waals surface area (Å²) >= 11 is 0. The molecule has 1 aromatic heterocycles. The molecule has 0 spiro atoms. The number of rotatable bonds is 1. The van der Waals surface area contributed by atoms with Crippen LogP contribution >= 0.6 is 0 Å². The molecule has 0 aliphatic carbocycles. The largest absolute Gasteiger partial charge is 0.491 e. The van der Waals surface area contributed by atoms with E-state index in [0.717, 1.165) is 11.1 Å². The first-order valence-corrected chi connectivity index (χ1v) is 3.99. The zero-order chi connectivity index (χ0) is 9.26.